The third-order valence-electron chi connectivity index (χ3n) is 16.7. The highest BCUT2D eigenvalue weighted by Crippen LogP contribution is 2.24. The second-order valence-electron chi connectivity index (χ2n) is 27.2. The van der Waals surface area contributed by atoms with Gasteiger partial charge in [-0.05, 0) is 133 Å². The lowest BCUT2D eigenvalue weighted by atomic mass is 9.96. The minimum Gasteiger partial charge on any atom is -0.481 e. The first-order chi connectivity index (χ1) is 49.9. The van der Waals surface area contributed by atoms with Crippen molar-refractivity contribution in [1.82, 2.24) is 69.1 Å². The molecule has 0 saturated carbocycles. The zero-order valence-corrected chi connectivity index (χ0v) is 64.0. The fraction of sp³-hybridized carbons (Fsp3) is 0.742. The molecule has 0 aromatic heterocycles. The number of carboxylic acid groups (broad SMARTS) is 2. The Morgan fingerprint density at radius 3 is 1.31 bits per heavy atom. The molecule has 0 aliphatic carbocycles. The first-order valence-corrected chi connectivity index (χ1v) is 38.4. The van der Waals surface area contributed by atoms with E-state index in [-0.39, 0.29) is 113 Å². The van der Waals surface area contributed by atoms with Crippen molar-refractivity contribution in [3.8, 4) is 0 Å². The number of amides is 14. The zero-order valence-electron chi connectivity index (χ0n) is 62.4. The zero-order chi connectivity index (χ0) is 80.3. The van der Waals surface area contributed by atoms with Gasteiger partial charge in [0.25, 0.3) is 0 Å². The van der Waals surface area contributed by atoms with Crippen LogP contribution in [0.2, 0.25) is 0 Å². The van der Waals surface area contributed by atoms with Crippen LogP contribution >= 0.6 is 21.6 Å². The van der Waals surface area contributed by atoms with E-state index in [1.165, 1.54) is 13.8 Å². The number of hydrogen-bond donors (Lipinski definition) is 21. The van der Waals surface area contributed by atoms with Gasteiger partial charge in [0, 0.05) is 31.4 Å². The Balaban J connectivity index is 4.26. The molecule has 1 aliphatic rings. The molecule has 27 N–H and O–H groups in total. The van der Waals surface area contributed by atoms with Crippen LogP contribution in [0, 0.1) is 23.7 Å². The summed E-state index contributed by atoms with van der Waals surface area (Å²) in [6, 6.07) is -17.8. The molecule has 1 heterocycles. The fourth-order valence-electron chi connectivity index (χ4n) is 10.7. The van der Waals surface area contributed by atoms with Gasteiger partial charge in [0.05, 0.1) is 13.0 Å². The van der Waals surface area contributed by atoms with Crippen molar-refractivity contribution in [1.29, 1.82) is 0 Å². The number of nitrogens with one attached hydrogen (secondary N) is 13. The monoisotopic (exact) mass is 1540 g/mol. The highest BCUT2D eigenvalue weighted by atomic mass is 33.1. The Morgan fingerprint density at radius 2 is 0.868 bits per heavy atom. The molecule has 1 aliphatic heterocycles. The number of aliphatic carboxylic acids is 2. The number of nitrogens with zero attached hydrogens (tertiary/aromatic N) is 1. The van der Waals surface area contributed by atoms with Crippen molar-refractivity contribution in [2.45, 2.75) is 244 Å². The lowest BCUT2D eigenvalue weighted by Crippen LogP contribution is -2.61. The largest absolute Gasteiger partial charge is 0.481 e. The van der Waals surface area contributed by atoms with Gasteiger partial charge >= 0.3 is 11.9 Å². The molecule has 0 radical (unpaired) electrons. The molecule has 1 rings (SSSR count). The molecule has 14 amide bonds. The predicted octanol–water partition coefficient (Wildman–Crippen LogP) is -4.61. The van der Waals surface area contributed by atoms with Gasteiger partial charge in [-0.25, -0.2) is 0 Å². The first-order valence-electron chi connectivity index (χ1n) is 35.9. The highest BCUT2D eigenvalue weighted by molar-refractivity contribution is 8.76. The second-order valence-corrected chi connectivity index (χ2v) is 29.8. The number of hydrogen-bond acceptors (Lipinski definition) is 22. The fourth-order valence-corrected chi connectivity index (χ4v) is 13.0. The summed E-state index contributed by atoms with van der Waals surface area (Å²) in [6.07, 6.45) is -0.597. The summed E-state index contributed by atoms with van der Waals surface area (Å²) in [5.74, 6) is -18.9. The number of carbonyl (C=O) groups is 16. The SMILES string of the molecule is CC[C@H](C)[C@@H]1NC(=O)[C@H](CC(C)C)NC(=O)[C@@H](NC(C)=O)CSSC[C@@H](C(N)=O)NC(=O)[C@H](CCC(=O)O)NC(=O)[C@H](C(C)C)NC(=O)[C@H](CCCCN)NC(=O)[C@H](CCCN=C(N)N)NC(=O)CNC(=O)[C@H](CC(=O)O)NC(=O)[C@H](CCCCN)NC(=O)[C@H](CC(C)C)NC(=O)[C@H](CCCCN)NC1=O. The van der Waals surface area contributed by atoms with Crippen molar-refractivity contribution in [2.24, 2.45) is 63.1 Å². The van der Waals surface area contributed by atoms with Crippen molar-refractivity contribution in [3.05, 3.63) is 0 Å². The summed E-state index contributed by atoms with van der Waals surface area (Å²) in [4.78, 5) is 225. The van der Waals surface area contributed by atoms with Crippen molar-refractivity contribution < 1.29 is 86.9 Å². The molecule has 0 bridgehead atoms. The van der Waals surface area contributed by atoms with Crippen molar-refractivity contribution >= 4 is 122 Å². The van der Waals surface area contributed by atoms with Crippen LogP contribution in [0.4, 0.5) is 0 Å². The maximum absolute atomic E-state index is 14.6. The van der Waals surface area contributed by atoms with E-state index in [4.69, 9.17) is 34.4 Å². The van der Waals surface area contributed by atoms with E-state index in [1.54, 1.807) is 41.5 Å². The van der Waals surface area contributed by atoms with E-state index in [0.717, 1.165) is 28.5 Å². The van der Waals surface area contributed by atoms with E-state index in [9.17, 15) is 86.9 Å². The van der Waals surface area contributed by atoms with Gasteiger partial charge in [-0.1, -0.05) is 83.4 Å². The molecule has 0 spiro atoms. The highest BCUT2D eigenvalue weighted by Gasteiger charge is 2.39. The molecule has 0 aromatic carbocycles. The van der Waals surface area contributed by atoms with Crippen LogP contribution in [0.3, 0.4) is 0 Å². The molecule has 106 heavy (non-hydrogen) atoms. The van der Waals surface area contributed by atoms with Crippen molar-refractivity contribution in [2.75, 3.05) is 44.2 Å². The quantitative estimate of drug-likeness (QED) is 0.0139. The third-order valence-corrected chi connectivity index (χ3v) is 19.1. The Kier molecular flexibility index (Phi) is 46.4. The number of carbonyl (C=O) groups excluding carboxylic acids is 14. The minimum atomic E-state index is -1.91. The maximum atomic E-state index is 14.6. The average molecular weight is 1540 g/mol. The summed E-state index contributed by atoms with van der Waals surface area (Å²) in [6.45, 7) is 14.2. The van der Waals surface area contributed by atoms with Crippen LogP contribution in [0.5, 0.6) is 0 Å². The Labute approximate surface area is 626 Å². The molecular weight excluding hydrogens is 1420 g/mol. The average Bonchev–Trinajstić information content (AvgIpc) is 0.843. The van der Waals surface area contributed by atoms with Gasteiger partial charge in [0.15, 0.2) is 5.96 Å². The standard InChI is InChI=1S/C66H118N20O18S2/c1-10-37(8)53-65(104)79-41(19-12-15-25-68)58(97)81-44(28-34(2)3)61(100)78-40(18-11-14-24-67)57(96)83-46(30-51(91)92)55(94)74-31-49(88)76-39(21-17-27-73-66(71)72)56(95)77-42(20-13-16-26-69)60(99)85-52(36(6)7)64(103)80-43(22-23-50(89)90)59(98)84-47(54(70)93)32-105-106-33-48(75-38(9)87)63(102)82-45(29-35(4)5)62(101)86-53/h34-37,39-48,52-53H,10-33,67-69H2,1-9H3,(H2,70,93)(H,74,94)(H,75,87)(H,76,88)(H,77,95)(H,78,100)(H,79,104)(H,80,103)(H,81,97)(H,82,102)(H,83,96)(H,84,98)(H,85,99)(H,86,101)(H,89,90)(H,91,92)(H4,71,72,73)/t37-,39-,40-,41-,42-,43-,44-,45-,46-,47-,48-,52-,53-/m0/s1. The number of unbranched alkanes of at least 4 members (excludes halogenated alkanes) is 3. The molecule has 1 fully saturated rings. The molecule has 1 saturated heterocycles. The van der Waals surface area contributed by atoms with E-state index in [1.807, 2.05) is 0 Å². The number of primary amides is 1. The number of nitrogens with two attached hydrogens (primary N) is 6. The van der Waals surface area contributed by atoms with Gasteiger partial charge in [0.2, 0.25) is 82.7 Å². The van der Waals surface area contributed by atoms with Crippen LogP contribution in [-0.4, -0.2) is 228 Å². The van der Waals surface area contributed by atoms with E-state index in [0.29, 0.717) is 32.1 Å². The number of carboxylic acids is 2. The van der Waals surface area contributed by atoms with Crippen LogP contribution in [0.15, 0.2) is 4.99 Å². The molecule has 13 atom stereocenters. The Morgan fingerprint density at radius 1 is 0.472 bits per heavy atom. The number of guanidine groups is 1. The minimum absolute atomic E-state index is 0.0141. The maximum Gasteiger partial charge on any atom is 0.305 e. The van der Waals surface area contributed by atoms with Crippen LogP contribution in [-0.2, 0) is 76.7 Å². The second kappa shape index (κ2) is 51.6. The molecule has 38 nitrogen and oxygen atoms in total. The summed E-state index contributed by atoms with van der Waals surface area (Å²) in [7, 11) is 1.86. The topological polar surface area (TPSA) is 638 Å². The first kappa shape index (κ1) is 95.4. The third kappa shape index (κ3) is 38.6. The lowest BCUT2D eigenvalue weighted by Gasteiger charge is -2.30. The number of rotatable bonds is 30. The van der Waals surface area contributed by atoms with Gasteiger partial charge < -0.3 is 114 Å². The van der Waals surface area contributed by atoms with E-state index < -0.39 is 205 Å². The Bertz CT molecular complexity index is 2970. The molecule has 0 aromatic rings. The normalized spacial score (nSPS) is 24.6. The molecule has 40 heteroatoms. The summed E-state index contributed by atoms with van der Waals surface area (Å²) in [5, 5.41) is 52.8. The van der Waals surface area contributed by atoms with Crippen LogP contribution in [0.1, 0.15) is 171 Å². The Hall–Kier alpha value is -8.63. The van der Waals surface area contributed by atoms with E-state index in [2.05, 4.69) is 74.1 Å². The van der Waals surface area contributed by atoms with Crippen LogP contribution < -0.4 is 104 Å². The predicted molar refractivity (Wildman–Crippen MR) is 397 cm³/mol. The van der Waals surface area contributed by atoms with Gasteiger partial charge in [-0.15, -0.1) is 0 Å². The van der Waals surface area contributed by atoms with Gasteiger partial charge in [-0.3, -0.25) is 81.7 Å². The van der Waals surface area contributed by atoms with Crippen LogP contribution in [0.25, 0.3) is 0 Å². The molecular formula is C66H118N20O18S2. The summed E-state index contributed by atoms with van der Waals surface area (Å²) in [5.41, 5.74) is 34.2. The molecule has 602 valence electrons. The summed E-state index contributed by atoms with van der Waals surface area (Å²) < 4.78 is 0. The van der Waals surface area contributed by atoms with Gasteiger partial charge in [0.1, 0.15) is 72.5 Å². The smallest absolute Gasteiger partial charge is 0.305 e. The van der Waals surface area contributed by atoms with E-state index >= 15 is 0 Å². The van der Waals surface area contributed by atoms with Crippen molar-refractivity contribution in [3.63, 3.8) is 0 Å². The molecule has 0 unspecified atom stereocenters. The van der Waals surface area contributed by atoms with Gasteiger partial charge in [-0.2, -0.15) is 0 Å². The lowest BCUT2D eigenvalue weighted by molar-refractivity contribution is -0.141. The summed E-state index contributed by atoms with van der Waals surface area (Å²) >= 11 is 0. The number of aliphatic imine (C=N–C) groups is 1.